The number of amides is 1. The number of halogens is 2. The van der Waals surface area contributed by atoms with Crippen LogP contribution in [-0.2, 0) is 11.3 Å². The van der Waals surface area contributed by atoms with Crippen LogP contribution in [0.15, 0.2) is 60.3 Å². The number of piperazine rings is 1. The predicted octanol–water partition coefficient (Wildman–Crippen LogP) is 4.05. The molecule has 1 amide bonds. The first kappa shape index (κ1) is 24.6. The van der Waals surface area contributed by atoms with Gasteiger partial charge in [0.05, 0.1) is 17.0 Å². The van der Waals surface area contributed by atoms with Gasteiger partial charge >= 0.3 is 0 Å². The van der Waals surface area contributed by atoms with Crippen molar-refractivity contribution in [2.75, 3.05) is 36.8 Å². The van der Waals surface area contributed by atoms with Gasteiger partial charge in [0.2, 0.25) is 5.91 Å². The van der Waals surface area contributed by atoms with Gasteiger partial charge in [-0.15, -0.1) is 16.8 Å². The number of hydrogen-bond acceptors (Lipinski definition) is 6. The molecule has 1 aromatic heterocycles. The number of aromatic nitrogens is 3. The monoisotopic (exact) mass is 497 g/mol. The second kappa shape index (κ2) is 10.8. The third-order valence-electron chi connectivity index (χ3n) is 5.80. The summed E-state index contributed by atoms with van der Waals surface area (Å²) in [5, 5.41) is 8.81. The number of hydrogen-bond donors (Lipinski definition) is 0. The minimum Gasteiger partial charge on any atom is -0.366 e. The Bertz CT molecular complexity index is 1250. The molecule has 1 aliphatic heterocycles. The number of benzene rings is 2. The van der Waals surface area contributed by atoms with Crippen molar-refractivity contribution >= 4 is 29.1 Å². The summed E-state index contributed by atoms with van der Waals surface area (Å²) in [5.41, 5.74) is 1.09. The molecule has 7 nitrogen and oxygen atoms in total. The fraction of sp³-hybridized carbons (Fsp3) is 0.280. The van der Waals surface area contributed by atoms with E-state index in [1.54, 1.807) is 45.9 Å². The first-order valence-corrected chi connectivity index (χ1v) is 12.1. The molecule has 0 bridgehead atoms. The van der Waals surface area contributed by atoms with Crippen molar-refractivity contribution in [2.24, 2.45) is 0 Å². The number of allylic oxidation sites excluding steroid dienone is 1. The third-order valence-corrected chi connectivity index (χ3v) is 6.75. The van der Waals surface area contributed by atoms with Crippen LogP contribution in [0.1, 0.15) is 17.3 Å². The predicted molar refractivity (Wildman–Crippen MR) is 132 cm³/mol. The van der Waals surface area contributed by atoms with Gasteiger partial charge in [-0.1, -0.05) is 30.0 Å². The average molecular weight is 498 g/mol. The highest BCUT2D eigenvalue weighted by molar-refractivity contribution is 7.99. The molecular weight excluding hydrogens is 472 g/mol. The second-order valence-electron chi connectivity index (χ2n) is 8.06. The number of thioether (sulfide) groups is 1. The van der Waals surface area contributed by atoms with E-state index in [-0.39, 0.29) is 17.4 Å². The van der Waals surface area contributed by atoms with Crippen molar-refractivity contribution < 1.29 is 18.4 Å². The molecule has 1 aliphatic rings. The molecule has 1 fully saturated rings. The van der Waals surface area contributed by atoms with E-state index in [1.165, 1.54) is 30.8 Å². The lowest BCUT2D eigenvalue weighted by Crippen LogP contribution is -2.49. The zero-order valence-corrected chi connectivity index (χ0v) is 20.1. The molecule has 0 saturated carbocycles. The molecule has 10 heteroatoms. The second-order valence-corrected chi connectivity index (χ2v) is 9.01. The molecule has 0 radical (unpaired) electrons. The van der Waals surface area contributed by atoms with Crippen LogP contribution in [0.3, 0.4) is 0 Å². The Kier molecular flexibility index (Phi) is 7.60. The molecule has 0 N–H and O–H groups in total. The van der Waals surface area contributed by atoms with Gasteiger partial charge in [-0.25, -0.2) is 8.78 Å². The lowest BCUT2D eigenvalue weighted by molar-refractivity contribution is -0.128. The SMILES string of the molecule is C=CCn1c(SCC(=O)N2CCN(c3ccc(C(C)=O)cc3F)CC2)nnc1-c1ccccc1F. The van der Waals surface area contributed by atoms with Gasteiger partial charge in [-0.2, -0.15) is 0 Å². The number of ketones is 1. The fourth-order valence-electron chi connectivity index (χ4n) is 3.93. The Morgan fingerprint density at radius 1 is 1.06 bits per heavy atom. The summed E-state index contributed by atoms with van der Waals surface area (Å²) in [5.74, 6) is -0.572. The summed E-state index contributed by atoms with van der Waals surface area (Å²) in [6, 6.07) is 10.8. The summed E-state index contributed by atoms with van der Waals surface area (Å²) in [6.45, 7) is 7.40. The van der Waals surface area contributed by atoms with Gasteiger partial charge in [0.1, 0.15) is 11.6 Å². The molecule has 2 aromatic carbocycles. The molecule has 0 atom stereocenters. The maximum absolute atomic E-state index is 14.5. The number of rotatable bonds is 8. The van der Waals surface area contributed by atoms with Gasteiger partial charge in [0.15, 0.2) is 16.8 Å². The van der Waals surface area contributed by atoms with Crippen LogP contribution in [0.2, 0.25) is 0 Å². The summed E-state index contributed by atoms with van der Waals surface area (Å²) in [6.07, 6.45) is 1.67. The lowest BCUT2D eigenvalue weighted by Gasteiger charge is -2.36. The zero-order chi connectivity index (χ0) is 24.9. The van der Waals surface area contributed by atoms with Gasteiger partial charge in [0, 0.05) is 38.3 Å². The van der Waals surface area contributed by atoms with E-state index < -0.39 is 11.6 Å². The number of carbonyl (C=O) groups is 2. The Hall–Kier alpha value is -3.53. The lowest BCUT2D eigenvalue weighted by atomic mass is 10.1. The van der Waals surface area contributed by atoms with Gasteiger partial charge in [0.25, 0.3) is 0 Å². The van der Waals surface area contributed by atoms with E-state index in [4.69, 9.17) is 0 Å². The number of nitrogens with zero attached hydrogens (tertiary/aromatic N) is 5. The van der Waals surface area contributed by atoms with E-state index in [2.05, 4.69) is 16.8 Å². The van der Waals surface area contributed by atoms with Crippen LogP contribution >= 0.6 is 11.8 Å². The molecule has 182 valence electrons. The van der Waals surface area contributed by atoms with E-state index in [0.29, 0.717) is 60.5 Å². The molecule has 4 rings (SSSR count). The molecule has 35 heavy (non-hydrogen) atoms. The Labute approximate surface area is 206 Å². The molecule has 0 aliphatic carbocycles. The quantitative estimate of drug-likeness (QED) is 0.266. The minimum absolute atomic E-state index is 0.0670. The largest absolute Gasteiger partial charge is 0.366 e. The van der Waals surface area contributed by atoms with Gasteiger partial charge in [-0.3, -0.25) is 14.2 Å². The van der Waals surface area contributed by atoms with E-state index in [9.17, 15) is 18.4 Å². The third kappa shape index (κ3) is 5.43. The molecule has 0 unspecified atom stereocenters. The van der Waals surface area contributed by atoms with Crippen molar-refractivity contribution in [3.8, 4) is 11.4 Å². The minimum atomic E-state index is -0.444. The number of Topliss-reactive ketones (excluding diaryl/α,β-unsaturated/α-hetero) is 1. The highest BCUT2D eigenvalue weighted by Crippen LogP contribution is 2.27. The molecule has 1 saturated heterocycles. The Morgan fingerprint density at radius 2 is 1.80 bits per heavy atom. The zero-order valence-electron chi connectivity index (χ0n) is 19.3. The molecule has 2 heterocycles. The Balaban J connectivity index is 1.37. The van der Waals surface area contributed by atoms with Gasteiger partial charge < -0.3 is 9.80 Å². The van der Waals surface area contributed by atoms with Crippen molar-refractivity contribution in [3.05, 3.63) is 72.3 Å². The van der Waals surface area contributed by atoms with E-state index in [0.717, 1.165) is 0 Å². The molecular formula is C25H25F2N5O2S. The maximum atomic E-state index is 14.5. The molecule has 3 aromatic rings. The van der Waals surface area contributed by atoms with Crippen molar-refractivity contribution in [1.29, 1.82) is 0 Å². The van der Waals surface area contributed by atoms with Crippen molar-refractivity contribution in [2.45, 2.75) is 18.6 Å². The first-order valence-electron chi connectivity index (χ1n) is 11.1. The summed E-state index contributed by atoms with van der Waals surface area (Å²) in [4.78, 5) is 27.9. The summed E-state index contributed by atoms with van der Waals surface area (Å²) in [7, 11) is 0. The fourth-order valence-corrected chi connectivity index (χ4v) is 4.78. The normalized spacial score (nSPS) is 13.7. The van der Waals surface area contributed by atoms with Crippen LogP contribution in [-0.4, -0.2) is 63.3 Å². The van der Waals surface area contributed by atoms with E-state index >= 15 is 0 Å². The van der Waals surface area contributed by atoms with Crippen LogP contribution < -0.4 is 4.90 Å². The van der Waals surface area contributed by atoms with Gasteiger partial charge in [-0.05, 0) is 37.3 Å². The topological polar surface area (TPSA) is 71.3 Å². The first-order chi connectivity index (χ1) is 16.9. The van der Waals surface area contributed by atoms with Crippen LogP contribution in [0.5, 0.6) is 0 Å². The highest BCUT2D eigenvalue weighted by atomic mass is 32.2. The molecule has 0 spiro atoms. The number of anilines is 1. The van der Waals surface area contributed by atoms with E-state index in [1.807, 2.05) is 4.90 Å². The van der Waals surface area contributed by atoms with Crippen LogP contribution in [0.4, 0.5) is 14.5 Å². The Morgan fingerprint density at radius 3 is 2.46 bits per heavy atom. The summed E-state index contributed by atoms with van der Waals surface area (Å²) >= 11 is 1.24. The average Bonchev–Trinajstić information content (AvgIpc) is 3.25. The van der Waals surface area contributed by atoms with Crippen molar-refractivity contribution in [1.82, 2.24) is 19.7 Å². The standard InChI is InChI=1S/C25H25F2N5O2S/c1-3-10-32-24(19-6-4-5-7-20(19)26)28-29-25(32)35-16-23(34)31-13-11-30(12-14-31)22-9-8-18(17(2)33)15-21(22)27/h3-9,15H,1,10-14,16H2,2H3. The summed E-state index contributed by atoms with van der Waals surface area (Å²) < 4.78 is 30.5. The van der Waals surface area contributed by atoms with Crippen LogP contribution in [0, 0.1) is 11.6 Å². The maximum Gasteiger partial charge on any atom is 0.233 e. The van der Waals surface area contributed by atoms with Crippen LogP contribution in [0.25, 0.3) is 11.4 Å². The highest BCUT2D eigenvalue weighted by Gasteiger charge is 2.24. The smallest absolute Gasteiger partial charge is 0.233 e. The van der Waals surface area contributed by atoms with Crippen molar-refractivity contribution in [3.63, 3.8) is 0 Å². The number of carbonyl (C=O) groups excluding carboxylic acids is 2.